The second kappa shape index (κ2) is 5.57. The van der Waals surface area contributed by atoms with Crippen molar-refractivity contribution in [2.75, 3.05) is 6.54 Å². The fourth-order valence-corrected chi connectivity index (χ4v) is 1.79. The molecule has 1 rings (SSSR count). The van der Waals surface area contributed by atoms with Crippen LogP contribution >= 0.6 is 0 Å². The van der Waals surface area contributed by atoms with Crippen molar-refractivity contribution in [1.82, 2.24) is 0 Å². The minimum Gasteiger partial charge on any atom is -0.382 e. The molecule has 1 saturated carbocycles. The molecule has 5 heteroatoms. The number of nitrogens with two attached hydrogens (primary N) is 1. The number of hydrogen-bond acceptors (Lipinski definition) is 3. The fraction of sp³-hybridized carbons (Fsp3) is 0.889. The maximum Gasteiger partial charge on any atom is 0.259 e. The largest absolute Gasteiger partial charge is 0.382 e. The van der Waals surface area contributed by atoms with Crippen LogP contribution in [0.15, 0.2) is 4.99 Å². The average molecular weight is 199 g/mol. The topological polar surface area (TPSA) is 81.5 Å². The standard InChI is InChI=1S/C9H17N3O2/c10-9(7-12(13)14)11-8-5-3-1-2-4-6-8/h8H,1-7H2,(H2,10,11). The second-order valence-electron chi connectivity index (χ2n) is 3.76. The van der Waals surface area contributed by atoms with Crippen LogP contribution < -0.4 is 5.73 Å². The molecule has 0 unspecified atom stereocenters. The molecule has 1 aliphatic carbocycles. The van der Waals surface area contributed by atoms with E-state index < -0.39 is 4.92 Å². The molecule has 80 valence electrons. The van der Waals surface area contributed by atoms with E-state index in [1.54, 1.807) is 0 Å². The monoisotopic (exact) mass is 199 g/mol. The summed E-state index contributed by atoms with van der Waals surface area (Å²) >= 11 is 0. The predicted octanol–water partition coefficient (Wildman–Crippen LogP) is 1.34. The van der Waals surface area contributed by atoms with Gasteiger partial charge in [-0.3, -0.25) is 15.1 Å². The molecule has 0 aliphatic heterocycles. The molecule has 0 saturated heterocycles. The van der Waals surface area contributed by atoms with Crippen LogP contribution in [0.5, 0.6) is 0 Å². The molecule has 0 bridgehead atoms. The van der Waals surface area contributed by atoms with Crippen molar-refractivity contribution in [2.24, 2.45) is 10.7 Å². The Balaban J connectivity index is 2.42. The lowest BCUT2D eigenvalue weighted by atomic mass is 10.1. The predicted molar refractivity (Wildman–Crippen MR) is 55.0 cm³/mol. The molecule has 0 heterocycles. The number of rotatable bonds is 3. The summed E-state index contributed by atoms with van der Waals surface area (Å²) in [6.45, 7) is -0.323. The van der Waals surface area contributed by atoms with Crippen molar-refractivity contribution in [3.05, 3.63) is 10.1 Å². The molecule has 2 N–H and O–H groups in total. The minimum atomic E-state index is -0.435. The Morgan fingerprint density at radius 1 is 1.36 bits per heavy atom. The summed E-state index contributed by atoms with van der Waals surface area (Å²) in [5.41, 5.74) is 5.46. The number of nitrogens with zero attached hydrogens (tertiary/aromatic N) is 2. The third-order valence-electron chi connectivity index (χ3n) is 2.46. The maximum absolute atomic E-state index is 10.2. The third-order valence-corrected chi connectivity index (χ3v) is 2.46. The summed E-state index contributed by atoms with van der Waals surface area (Å²) in [7, 11) is 0. The molecule has 0 aromatic carbocycles. The zero-order chi connectivity index (χ0) is 10.4. The summed E-state index contributed by atoms with van der Waals surface area (Å²) in [4.78, 5) is 13.9. The van der Waals surface area contributed by atoms with E-state index in [1.807, 2.05) is 0 Å². The van der Waals surface area contributed by atoms with E-state index in [0.29, 0.717) is 0 Å². The first-order valence-corrected chi connectivity index (χ1v) is 5.12. The Labute approximate surface area is 83.5 Å². The van der Waals surface area contributed by atoms with Gasteiger partial charge in [0.1, 0.15) is 0 Å². The first-order valence-electron chi connectivity index (χ1n) is 5.12. The normalized spacial score (nSPS) is 20.4. The molecule has 14 heavy (non-hydrogen) atoms. The van der Waals surface area contributed by atoms with Crippen molar-refractivity contribution >= 4 is 5.84 Å². The molecule has 0 radical (unpaired) electrons. The van der Waals surface area contributed by atoms with Gasteiger partial charge in [-0.1, -0.05) is 25.7 Å². The Morgan fingerprint density at radius 3 is 2.43 bits per heavy atom. The lowest BCUT2D eigenvalue weighted by Gasteiger charge is -2.08. The summed E-state index contributed by atoms with van der Waals surface area (Å²) in [6.07, 6.45) is 6.89. The molecule has 5 nitrogen and oxygen atoms in total. The van der Waals surface area contributed by atoms with Gasteiger partial charge in [-0.15, -0.1) is 0 Å². The first kappa shape index (κ1) is 10.9. The van der Waals surface area contributed by atoms with Crippen molar-refractivity contribution in [1.29, 1.82) is 0 Å². The Bertz CT molecular complexity index is 220. The van der Waals surface area contributed by atoms with Crippen molar-refractivity contribution in [3.8, 4) is 0 Å². The van der Waals surface area contributed by atoms with Crippen LogP contribution in [0.3, 0.4) is 0 Å². The van der Waals surface area contributed by atoms with E-state index in [4.69, 9.17) is 5.73 Å². The number of hydrogen-bond donors (Lipinski definition) is 1. The minimum absolute atomic E-state index is 0.168. The fourth-order valence-electron chi connectivity index (χ4n) is 1.79. The lowest BCUT2D eigenvalue weighted by molar-refractivity contribution is -0.463. The van der Waals surface area contributed by atoms with Crippen molar-refractivity contribution in [2.45, 2.75) is 44.6 Å². The number of aliphatic imine (C=N–C) groups is 1. The first-order chi connectivity index (χ1) is 6.68. The van der Waals surface area contributed by atoms with Crippen LogP contribution in [-0.2, 0) is 0 Å². The summed E-state index contributed by atoms with van der Waals surface area (Å²) in [6, 6.07) is 0.220. The molecule has 0 aromatic heterocycles. The molecule has 1 fully saturated rings. The summed E-state index contributed by atoms with van der Waals surface area (Å²) < 4.78 is 0. The number of amidine groups is 1. The molecule has 0 aromatic rings. The van der Waals surface area contributed by atoms with Crippen molar-refractivity contribution in [3.63, 3.8) is 0 Å². The van der Waals surface area contributed by atoms with Crippen LogP contribution in [0.1, 0.15) is 38.5 Å². The highest BCUT2D eigenvalue weighted by Gasteiger charge is 2.12. The van der Waals surface area contributed by atoms with E-state index in [-0.39, 0.29) is 18.4 Å². The van der Waals surface area contributed by atoms with Crippen molar-refractivity contribution < 1.29 is 4.92 Å². The van der Waals surface area contributed by atoms with Gasteiger partial charge in [0, 0.05) is 4.92 Å². The van der Waals surface area contributed by atoms with Gasteiger partial charge in [-0.25, -0.2) is 0 Å². The van der Waals surface area contributed by atoms with E-state index in [2.05, 4.69) is 4.99 Å². The van der Waals surface area contributed by atoms with Gasteiger partial charge < -0.3 is 5.73 Å². The van der Waals surface area contributed by atoms with Gasteiger partial charge in [0.2, 0.25) is 0 Å². The van der Waals surface area contributed by atoms with E-state index in [9.17, 15) is 10.1 Å². The third kappa shape index (κ3) is 4.20. The van der Waals surface area contributed by atoms with Crippen LogP contribution in [0.2, 0.25) is 0 Å². The van der Waals surface area contributed by atoms with Gasteiger partial charge in [-0.2, -0.15) is 0 Å². The molecular formula is C9H17N3O2. The lowest BCUT2D eigenvalue weighted by Crippen LogP contribution is -2.25. The average Bonchev–Trinajstić information content (AvgIpc) is 2.31. The van der Waals surface area contributed by atoms with Crippen LogP contribution in [0, 0.1) is 10.1 Å². The Hall–Kier alpha value is -1.13. The van der Waals surface area contributed by atoms with E-state index in [0.717, 1.165) is 12.8 Å². The molecular weight excluding hydrogens is 182 g/mol. The smallest absolute Gasteiger partial charge is 0.259 e. The molecule has 0 spiro atoms. The van der Waals surface area contributed by atoms with Crippen LogP contribution in [0.4, 0.5) is 0 Å². The second-order valence-corrected chi connectivity index (χ2v) is 3.76. The van der Waals surface area contributed by atoms with Crippen LogP contribution in [-0.4, -0.2) is 23.3 Å². The highest BCUT2D eigenvalue weighted by atomic mass is 16.6. The van der Waals surface area contributed by atoms with Crippen LogP contribution in [0.25, 0.3) is 0 Å². The van der Waals surface area contributed by atoms with E-state index in [1.165, 1.54) is 25.7 Å². The van der Waals surface area contributed by atoms with Gasteiger partial charge >= 0.3 is 0 Å². The molecule has 0 atom stereocenters. The maximum atomic E-state index is 10.2. The SMILES string of the molecule is NC(C[N+](=O)[O-])=NC1CCCCCC1. The Kier molecular flexibility index (Phi) is 4.35. The highest BCUT2D eigenvalue weighted by Crippen LogP contribution is 2.19. The quantitative estimate of drug-likeness (QED) is 0.245. The van der Waals surface area contributed by atoms with E-state index >= 15 is 0 Å². The molecule has 1 aliphatic rings. The highest BCUT2D eigenvalue weighted by molar-refractivity contribution is 5.81. The summed E-state index contributed by atoms with van der Waals surface area (Å²) in [5, 5.41) is 10.2. The summed E-state index contributed by atoms with van der Waals surface area (Å²) in [5.74, 6) is 0.168. The number of nitro groups is 1. The van der Waals surface area contributed by atoms with Gasteiger partial charge in [0.05, 0.1) is 6.04 Å². The molecule has 0 amide bonds. The Morgan fingerprint density at radius 2 is 1.93 bits per heavy atom. The van der Waals surface area contributed by atoms with Gasteiger partial charge in [0.15, 0.2) is 5.84 Å². The van der Waals surface area contributed by atoms with Gasteiger partial charge in [0.25, 0.3) is 6.54 Å². The zero-order valence-electron chi connectivity index (χ0n) is 8.32. The van der Waals surface area contributed by atoms with Gasteiger partial charge in [-0.05, 0) is 12.8 Å². The zero-order valence-corrected chi connectivity index (χ0v) is 8.32.